The van der Waals surface area contributed by atoms with Gasteiger partial charge in [-0.05, 0) is 38.5 Å². The number of carbonyl (C=O) groups excluding carboxylic acids is 2. The Morgan fingerprint density at radius 1 is 1.35 bits per heavy atom. The van der Waals surface area contributed by atoms with E-state index in [9.17, 15) is 18.0 Å². The van der Waals surface area contributed by atoms with E-state index in [0.717, 1.165) is 11.8 Å². The second-order valence-corrected chi connectivity index (χ2v) is 6.87. The van der Waals surface area contributed by atoms with E-state index in [2.05, 4.69) is 15.3 Å². The maximum atomic E-state index is 12.8. The number of halogens is 3. The highest BCUT2D eigenvalue weighted by Gasteiger charge is 2.34. The van der Waals surface area contributed by atoms with Gasteiger partial charge in [-0.2, -0.15) is 13.2 Å². The Labute approximate surface area is 178 Å². The molecule has 1 aliphatic heterocycles. The van der Waals surface area contributed by atoms with Gasteiger partial charge in [0.25, 0.3) is 5.91 Å². The normalized spacial score (nSPS) is 13.8. The number of nitrogens with one attached hydrogen (secondary N) is 1. The van der Waals surface area contributed by atoms with Crippen LogP contribution in [0.5, 0.6) is 5.75 Å². The molecule has 1 N–H and O–H groups in total. The summed E-state index contributed by atoms with van der Waals surface area (Å²) < 4.78 is 42.0. The number of ether oxygens (including phenoxy) is 1. The molecule has 3 rings (SSSR count). The predicted molar refractivity (Wildman–Crippen MR) is 109 cm³/mol. The number of nitrogens with zero attached hydrogens (tertiary/aromatic N) is 3. The summed E-state index contributed by atoms with van der Waals surface area (Å²) in [5, 5.41) is 2.99. The van der Waals surface area contributed by atoms with Crippen molar-refractivity contribution in [1.82, 2.24) is 14.9 Å². The summed E-state index contributed by atoms with van der Waals surface area (Å²) in [6.07, 6.45) is -1.53. The Hall–Kier alpha value is -3.17. The van der Waals surface area contributed by atoms with Crippen LogP contribution in [0.1, 0.15) is 53.5 Å². The lowest BCUT2D eigenvalue weighted by Crippen LogP contribution is -2.28. The van der Waals surface area contributed by atoms with Crippen molar-refractivity contribution in [3.63, 3.8) is 0 Å². The van der Waals surface area contributed by atoms with Crippen molar-refractivity contribution < 1.29 is 27.5 Å². The summed E-state index contributed by atoms with van der Waals surface area (Å²) >= 11 is 0. The van der Waals surface area contributed by atoms with Crippen LogP contribution in [0.2, 0.25) is 0 Å². The number of alkyl halides is 3. The van der Waals surface area contributed by atoms with Gasteiger partial charge in [-0.25, -0.2) is 4.98 Å². The Kier molecular flexibility index (Phi) is 7.95. The topological polar surface area (TPSA) is 84.4 Å². The number of hydrogen-bond acceptors (Lipinski definition) is 6. The van der Waals surface area contributed by atoms with Crippen molar-refractivity contribution in [2.45, 2.75) is 46.0 Å². The molecule has 168 valence electrons. The maximum Gasteiger partial charge on any atom is 0.392 e. The van der Waals surface area contributed by atoms with Gasteiger partial charge < -0.3 is 19.7 Å². The fraction of sp³-hybridized carbons (Fsp3) is 0.429. The highest BCUT2D eigenvalue weighted by molar-refractivity contribution is 5.99. The largest absolute Gasteiger partial charge is 0.491 e. The van der Waals surface area contributed by atoms with Crippen LogP contribution < -0.4 is 10.1 Å². The lowest BCUT2D eigenvalue weighted by molar-refractivity contribution is -0.139. The van der Waals surface area contributed by atoms with Gasteiger partial charge in [0.1, 0.15) is 17.9 Å². The van der Waals surface area contributed by atoms with Crippen LogP contribution >= 0.6 is 0 Å². The molecule has 31 heavy (non-hydrogen) atoms. The number of pyridine rings is 2. The molecule has 0 fully saturated rings. The molecule has 1 atom stereocenters. The molecule has 0 radical (unpaired) electrons. The highest BCUT2D eigenvalue weighted by atomic mass is 19.4. The van der Waals surface area contributed by atoms with E-state index in [1.165, 1.54) is 13.1 Å². The highest BCUT2D eigenvalue weighted by Crippen LogP contribution is 2.34. The molecular weight excluding hydrogens is 413 g/mol. The van der Waals surface area contributed by atoms with E-state index in [4.69, 9.17) is 9.53 Å². The van der Waals surface area contributed by atoms with Crippen molar-refractivity contribution in [2.24, 2.45) is 0 Å². The minimum atomic E-state index is -4.26. The minimum absolute atomic E-state index is 0.105. The number of hydrogen-bond donors (Lipinski definition) is 1. The molecule has 7 nitrogen and oxygen atoms in total. The first kappa shape index (κ1) is 24.1. The maximum absolute atomic E-state index is 12.8. The Morgan fingerprint density at radius 3 is 2.61 bits per heavy atom. The Balaban J connectivity index is 0.00000107. The van der Waals surface area contributed by atoms with Crippen molar-refractivity contribution >= 4 is 18.0 Å². The molecule has 1 unspecified atom stereocenters. The minimum Gasteiger partial charge on any atom is -0.491 e. The number of fused-ring (bicyclic) bond motifs is 1. The van der Waals surface area contributed by atoms with Crippen LogP contribution in [0.15, 0.2) is 24.5 Å². The average Bonchev–Trinajstić information content (AvgIpc) is 3.05. The molecule has 0 aliphatic carbocycles. The fourth-order valence-electron chi connectivity index (χ4n) is 3.16. The summed E-state index contributed by atoms with van der Waals surface area (Å²) in [6.45, 7) is 5.00. The summed E-state index contributed by atoms with van der Waals surface area (Å²) in [5.74, 6) is 0.863. The number of carbonyl (C=O) groups is 2. The average molecular weight is 438 g/mol. The molecule has 2 aromatic rings. The molecule has 1 aliphatic rings. The summed E-state index contributed by atoms with van der Waals surface area (Å²) in [4.78, 5) is 31.8. The fourth-order valence-corrected chi connectivity index (χ4v) is 3.16. The van der Waals surface area contributed by atoms with Crippen LogP contribution in [0.3, 0.4) is 0 Å². The zero-order valence-corrected chi connectivity index (χ0v) is 17.8. The van der Waals surface area contributed by atoms with Crippen molar-refractivity contribution in [3.8, 4) is 5.75 Å². The number of aromatic nitrogens is 2. The lowest BCUT2D eigenvalue weighted by Gasteiger charge is -2.24. The van der Waals surface area contributed by atoms with E-state index in [1.807, 2.05) is 6.92 Å². The second kappa shape index (κ2) is 10.2. The third-order valence-corrected chi connectivity index (χ3v) is 4.73. The van der Waals surface area contributed by atoms with E-state index < -0.39 is 19.2 Å². The monoisotopic (exact) mass is 438 g/mol. The third kappa shape index (κ3) is 5.93. The quantitative estimate of drug-likeness (QED) is 0.685. The van der Waals surface area contributed by atoms with Crippen molar-refractivity contribution in [3.05, 3.63) is 46.9 Å². The molecule has 0 bridgehead atoms. The van der Waals surface area contributed by atoms with E-state index in [1.54, 1.807) is 37.2 Å². The Bertz CT molecular complexity index is 935. The number of anilines is 1. The molecule has 2 aromatic heterocycles. The predicted octanol–water partition coefficient (Wildman–Crippen LogP) is 4.08. The number of aldehydes is 1. The molecule has 3 heterocycles. The number of aryl methyl sites for hydroxylation is 1. The van der Waals surface area contributed by atoms with Crippen LogP contribution in [0.25, 0.3) is 0 Å². The van der Waals surface area contributed by atoms with Crippen LogP contribution in [0, 0.1) is 6.92 Å². The van der Waals surface area contributed by atoms with Gasteiger partial charge in [-0.3, -0.25) is 9.78 Å². The molecule has 10 heteroatoms. The van der Waals surface area contributed by atoms with E-state index >= 15 is 0 Å². The van der Waals surface area contributed by atoms with Gasteiger partial charge in [0.05, 0.1) is 37.5 Å². The van der Waals surface area contributed by atoms with Gasteiger partial charge in [-0.15, -0.1) is 0 Å². The zero-order chi connectivity index (χ0) is 23.2. The van der Waals surface area contributed by atoms with Crippen molar-refractivity contribution in [1.29, 1.82) is 0 Å². The van der Waals surface area contributed by atoms with Gasteiger partial charge in [0.15, 0.2) is 0 Å². The van der Waals surface area contributed by atoms with Crippen LogP contribution in [-0.2, 0) is 11.3 Å². The molecule has 0 saturated carbocycles. The van der Waals surface area contributed by atoms with E-state index in [-0.39, 0.29) is 11.9 Å². The van der Waals surface area contributed by atoms with Gasteiger partial charge >= 0.3 is 6.18 Å². The summed E-state index contributed by atoms with van der Waals surface area (Å²) in [7, 11) is 1.75. The molecular formula is C21H25F3N4O3. The summed E-state index contributed by atoms with van der Waals surface area (Å²) in [6, 6.07) is 3.12. The summed E-state index contributed by atoms with van der Waals surface area (Å²) in [5.41, 5.74) is 2.75. The van der Waals surface area contributed by atoms with Gasteiger partial charge in [0.2, 0.25) is 0 Å². The smallest absolute Gasteiger partial charge is 0.392 e. The SMILES string of the molecule is CC=O.CNc1nccc2c1CN(C(C)c1cc(C)c(OCCC(F)(F)F)cn1)C2=O. The Morgan fingerprint density at radius 2 is 2.03 bits per heavy atom. The van der Waals surface area contributed by atoms with Crippen molar-refractivity contribution in [2.75, 3.05) is 19.0 Å². The molecule has 0 spiro atoms. The molecule has 0 aromatic carbocycles. The van der Waals surface area contributed by atoms with E-state index in [0.29, 0.717) is 34.9 Å². The van der Waals surface area contributed by atoms with Crippen LogP contribution in [-0.4, -0.2) is 46.9 Å². The molecule has 1 amide bonds. The second-order valence-electron chi connectivity index (χ2n) is 6.87. The molecule has 0 saturated heterocycles. The zero-order valence-electron chi connectivity index (χ0n) is 17.8. The first-order valence-electron chi connectivity index (χ1n) is 9.65. The third-order valence-electron chi connectivity index (χ3n) is 4.73. The number of rotatable bonds is 6. The standard InChI is InChI=1S/C19H21F3N4O2.C2H4O/c1-11-8-15(25-9-16(11)28-7-5-19(20,21)22)12(2)26-10-14-13(18(26)27)4-6-24-17(14)23-3;1-2-3/h4,6,8-9,12H,5,7,10H2,1-3H3,(H,23,24);2H,1H3. The van der Waals surface area contributed by atoms with Gasteiger partial charge in [0, 0.05) is 24.4 Å². The first-order chi connectivity index (χ1) is 14.6. The lowest BCUT2D eigenvalue weighted by atomic mass is 10.1. The number of amides is 1. The first-order valence-corrected chi connectivity index (χ1v) is 9.65. The van der Waals surface area contributed by atoms with Crippen LogP contribution in [0.4, 0.5) is 19.0 Å². The van der Waals surface area contributed by atoms with Gasteiger partial charge in [-0.1, -0.05) is 0 Å².